The maximum Gasteiger partial charge on any atom is 0.160 e. The molecule has 11 aromatic rings. The molecule has 0 aliphatic rings. The predicted molar refractivity (Wildman–Crippen MR) is 230 cm³/mol. The highest BCUT2D eigenvalue weighted by Crippen LogP contribution is 2.41. The quantitative estimate of drug-likeness (QED) is 0.172. The number of benzene rings is 7. The fraction of sp³-hybridized carbons (Fsp3) is 0. The third-order valence-corrected chi connectivity index (χ3v) is 10.8. The highest BCUT2D eigenvalue weighted by molar-refractivity contribution is 6.15. The van der Waals surface area contributed by atoms with Crippen molar-refractivity contribution in [2.45, 2.75) is 0 Å². The van der Waals surface area contributed by atoms with Crippen molar-refractivity contribution in [2.24, 2.45) is 0 Å². The number of rotatable bonds is 6. The Bertz CT molecular complexity index is 3160. The summed E-state index contributed by atoms with van der Waals surface area (Å²) in [6.07, 6.45) is 1.88. The van der Waals surface area contributed by atoms with Gasteiger partial charge in [-0.2, -0.15) is 0 Å². The zero-order chi connectivity index (χ0) is 37.0. The summed E-state index contributed by atoms with van der Waals surface area (Å²) in [5.74, 6) is 0.706. The van der Waals surface area contributed by atoms with E-state index < -0.39 is 0 Å². The van der Waals surface area contributed by atoms with Crippen molar-refractivity contribution in [1.29, 1.82) is 0 Å². The van der Waals surface area contributed by atoms with Gasteiger partial charge in [0.05, 0.1) is 27.9 Å². The van der Waals surface area contributed by atoms with Crippen LogP contribution in [0.5, 0.6) is 0 Å². The summed E-state index contributed by atoms with van der Waals surface area (Å²) in [5.41, 5.74) is 13.7. The van der Waals surface area contributed by atoms with Crippen LogP contribution in [0, 0.1) is 0 Å². The zero-order valence-corrected chi connectivity index (χ0v) is 30.3. The number of aromatic nitrogens is 5. The molecule has 0 spiro atoms. The molecule has 0 bridgehead atoms. The lowest BCUT2D eigenvalue weighted by Gasteiger charge is -2.14. The van der Waals surface area contributed by atoms with E-state index in [9.17, 15) is 0 Å². The number of hydrogen-bond acceptors (Lipinski definition) is 3. The fourth-order valence-corrected chi connectivity index (χ4v) is 8.22. The van der Waals surface area contributed by atoms with Crippen LogP contribution in [-0.4, -0.2) is 24.1 Å². The number of pyridine rings is 1. The average molecular weight is 716 g/mol. The molecule has 7 aromatic carbocycles. The standard InChI is InChI=1S/C51H33N5/c1-4-14-34(15-5-1)45-33-46(54-50(53-45)36-16-6-2-7-17-36)35-25-28-39(29-26-35)55-47-24-11-10-20-41(47)43-22-12-21-40(49(43)55)37-27-30-42-44-23-13-31-52-51(44)56(48(42)32-37)38-18-8-3-9-19-38/h1-33H. The summed E-state index contributed by atoms with van der Waals surface area (Å²) in [5, 5.41) is 4.75. The normalized spacial score (nSPS) is 11.6. The average Bonchev–Trinajstić information content (AvgIpc) is 3.80. The van der Waals surface area contributed by atoms with E-state index in [4.69, 9.17) is 15.0 Å². The monoisotopic (exact) mass is 715 g/mol. The van der Waals surface area contributed by atoms with Crippen LogP contribution in [0.3, 0.4) is 0 Å². The second kappa shape index (κ2) is 13.0. The number of fused-ring (bicyclic) bond motifs is 6. The Labute approximate surface area is 323 Å². The topological polar surface area (TPSA) is 48.5 Å². The molecule has 0 aliphatic carbocycles. The first-order valence-electron chi connectivity index (χ1n) is 18.9. The van der Waals surface area contributed by atoms with E-state index >= 15 is 0 Å². The van der Waals surface area contributed by atoms with Crippen LogP contribution < -0.4 is 0 Å². The summed E-state index contributed by atoms with van der Waals surface area (Å²) < 4.78 is 4.69. The van der Waals surface area contributed by atoms with Gasteiger partial charge in [-0.25, -0.2) is 15.0 Å². The molecule has 56 heavy (non-hydrogen) atoms. The van der Waals surface area contributed by atoms with Crippen LogP contribution >= 0.6 is 0 Å². The Balaban J connectivity index is 1.09. The van der Waals surface area contributed by atoms with Crippen LogP contribution in [0.2, 0.25) is 0 Å². The molecule has 262 valence electrons. The maximum absolute atomic E-state index is 5.09. The third-order valence-electron chi connectivity index (χ3n) is 10.8. The second-order valence-corrected chi connectivity index (χ2v) is 14.1. The molecular weight excluding hydrogens is 683 g/mol. The molecule has 0 amide bonds. The molecule has 0 atom stereocenters. The van der Waals surface area contributed by atoms with Gasteiger partial charge in [0.2, 0.25) is 0 Å². The Morgan fingerprint density at radius 2 is 0.946 bits per heavy atom. The van der Waals surface area contributed by atoms with E-state index in [1.165, 1.54) is 27.2 Å². The molecule has 5 heteroatoms. The largest absolute Gasteiger partial charge is 0.309 e. The molecule has 0 saturated heterocycles. The van der Waals surface area contributed by atoms with Crippen LogP contribution in [-0.2, 0) is 0 Å². The SMILES string of the molecule is c1ccc(-c2cc(-c3ccc(-n4c5ccccc5c5cccc(-c6ccc7c8cccnc8n(-c8ccccc8)c7c6)c54)cc3)nc(-c3ccccc3)n2)cc1. The lowest BCUT2D eigenvalue weighted by atomic mass is 10.0. The number of hydrogen-bond donors (Lipinski definition) is 0. The van der Waals surface area contributed by atoms with E-state index in [2.05, 4.69) is 161 Å². The summed E-state index contributed by atoms with van der Waals surface area (Å²) in [6, 6.07) is 68.3. The number of para-hydroxylation sites is 3. The van der Waals surface area contributed by atoms with Gasteiger partial charge in [0, 0.05) is 61.4 Å². The minimum absolute atomic E-state index is 0.706. The fourth-order valence-electron chi connectivity index (χ4n) is 8.22. The van der Waals surface area contributed by atoms with Crippen molar-refractivity contribution >= 4 is 43.7 Å². The molecule has 4 aromatic heterocycles. The van der Waals surface area contributed by atoms with Crippen LogP contribution in [0.25, 0.3) is 100 Å². The summed E-state index contributed by atoms with van der Waals surface area (Å²) >= 11 is 0. The second-order valence-electron chi connectivity index (χ2n) is 14.1. The minimum Gasteiger partial charge on any atom is -0.309 e. The minimum atomic E-state index is 0.706. The Hall–Kier alpha value is -7.63. The van der Waals surface area contributed by atoms with Crippen LogP contribution in [0.15, 0.2) is 200 Å². The van der Waals surface area contributed by atoms with Crippen molar-refractivity contribution in [3.8, 4) is 56.4 Å². The lowest BCUT2D eigenvalue weighted by Crippen LogP contribution is -1.98. The molecular formula is C51H33N5. The third kappa shape index (κ3) is 5.21. The molecule has 0 saturated carbocycles. The Morgan fingerprint density at radius 3 is 1.71 bits per heavy atom. The Morgan fingerprint density at radius 1 is 0.357 bits per heavy atom. The van der Waals surface area contributed by atoms with Gasteiger partial charge in [-0.1, -0.05) is 140 Å². The molecule has 5 nitrogen and oxygen atoms in total. The maximum atomic E-state index is 5.09. The summed E-state index contributed by atoms with van der Waals surface area (Å²) in [7, 11) is 0. The molecule has 0 fully saturated rings. The van der Waals surface area contributed by atoms with E-state index in [-0.39, 0.29) is 0 Å². The van der Waals surface area contributed by atoms with Crippen molar-refractivity contribution in [3.63, 3.8) is 0 Å². The van der Waals surface area contributed by atoms with E-state index in [1.54, 1.807) is 0 Å². The van der Waals surface area contributed by atoms with Gasteiger partial charge < -0.3 is 4.57 Å². The zero-order valence-electron chi connectivity index (χ0n) is 30.3. The molecule has 0 unspecified atom stereocenters. The van der Waals surface area contributed by atoms with Gasteiger partial charge in [-0.15, -0.1) is 0 Å². The summed E-state index contributed by atoms with van der Waals surface area (Å²) in [4.78, 5) is 14.9. The molecule has 0 aliphatic heterocycles. The molecule has 4 heterocycles. The van der Waals surface area contributed by atoms with Gasteiger partial charge in [-0.05, 0) is 60.2 Å². The van der Waals surface area contributed by atoms with Gasteiger partial charge >= 0.3 is 0 Å². The van der Waals surface area contributed by atoms with Crippen molar-refractivity contribution in [3.05, 3.63) is 200 Å². The van der Waals surface area contributed by atoms with Crippen molar-refractivity contribution in [1.82, 2.24) is 24.1 Å². The Kier molecular flexibility index (Phi) is 7.42. The smallest absolute Gasteiger partial charge is 0.160 e. The first-order chi connectivity index (χ1) is 27.8. The van der Waals surface area contributed by atoms with E-state index in [1.807, 2.05) is 48.7 Å². The van der Waals surface area contributed by atoms with Gasteiger partial charge in [0.25, 0.3) is 0 Å². The lowest BCUT2D eigenvalue weighted by molar-refractivity contribution is 1.14. The highest BCUT2D eigenvalue weighted by Gasteiger charge is 2.19. The van der Waals surface area contributed by atoms with E-state index in [0.717, 1.165) is 67.1 Å². The van der Waals surface area contributed by atoms with Gasteiger partial charge in [0.15, 0.2) is 5.82 Å². The highest BCUT2D eigenvalue weighted by atomic mass is 15.0. The summed E-state index contributed by atoms with van der Waals surface area (Å²) in [6.45, 7) is 0. The molecule has 0 N–H and O–H groups in total. The van der Waals surface area contributed by atoms with Crippen LogP contribution in [0.4, 0.5) is 0 Å². The van der Waals surface area contributed by atoms with Crippen molar-refractivity contribution < 1.29 is 0 Å². The van der Waals surface area contributed by atoms with Crippen molar-refractivity contribution in [2.75, 3.05) is 0 Å². The number of nitrogens with zero attached hydrogens (tertiary/aromatic N) is 5. The van der Waals surface area contributed by atoms with E-state index in [0.29, 0.717) is 5.82 Å². The molecule has 0 radical (unpaired) electrons. The molecule has 11 rings (SSSR count). The van der Waals surface area contributed by atoms with Gasteiger partial charge in [-0.3, -0.25) is 4.57 Å². The van der Waals surface area contributed by atoms with Crippen LogP contribution in [0.1, 0.15) is 0 Å². The predicted octanol–water partition coefficient (Wildman–Crippen LogP) is 12.7. The first-order valence-corrected chi connectivity index (χ1v) is 18.9. The van der Waals surface area contributed by atoms with Gasteiger partial charge in [0.1, 0.15) is 5.65 Å². The first kappa shape index (κ1) is 31.9.